The maximum atomic E-state index is 11.8. The smallest absolute Gasteiger partial charge is 0.512 e. The van der Waals surface area contributed by atoms with Gasteiger partial charge in [0.15, 0.2) is 0 Å². The van der Waals surface area contributed by atoms with E-state index in [1.54, 1.807) is 0 Å². The SMILES string of the molecule is Fc1cc[c-]cn1.[C-]#N.[Cu+2].[Li]. The van der Waals surface area contributed by atoms with E-state index in [0.29, 0.717) is 0 Å². The minimum absolute atomic E-state index is 0. The molecule has 0 fully saturated rings. The topological polar surface area (TPSA) is 36.7 Å². The van der Waals surface area contributed by atoms with Gasteiger partial charge in [0.05, 0.1) is 0 Å². The van der Waals surface area contributed by atoms with E-state index in [-0.39, 0.29) is 35.9 Å². The summed E-state index contributed by atoms with van der Waals surface area (Å²) < 4.78 is 11.8. The first-order chi connectivity index (χ1) is 4.39. The minimum atomic E-state index is -0.459. The number of rotatable bonds is 0. The molecule has 1 aromatic heterocycles. The van der Waals surface area contributed by atoms with Crippen molar-refractivity contribution in [3.05, 3.63) is 36.9 Å². The molecular weight excluding hydrogens is 190 g/mol. The minimum Gasteiger partial charge on any atom is -0.512 e. The van der Waals surface area contributed by atoms with Crippen molar-refractivity contribution in [2.75, 3.05) is 0 Å². The molecule has 0 aliphatic rings. The molecular formula is C6H3CuFLiN2. The van der Waals surface area contributed by atoms with Crippen molar-refractivity contribution in [2.24, 2.45) is 0 Å². The average Bonchev–Trinajstić information content (AvgIpc) is 1.94. The molecule has 0 atom stereocenters. The molecule has 0 spiro atoms. The second-order valence-electron chi connectivity index (χ2n) is 1.08. The number of hydrogen-bond acceptors (Lipinski definition) is 2. The van der Waals surface area contributed by atoms with Crippen LogP contribution in [0.2, 0.25) is 0 Å². The summed E-state index contributed by atoms with van der Waals surface area (Å²) in [4.78, 5) is 3.26. The third kappa shape index (κ3) is 9.69. The molecule has 0 amide bonds. The van der Waals surface area contributed by atoms with Crippen molar-refractivity contribution >= 4 is 18.9 Å². The molecule has 1 heterocycles. The average molecular weight is 193 g/mol. The molecule has 0 aliphatic carbocycles. The number of aromatic nitrogens is 1. The number of pyridine rings is 1. The van der Waals surface area contributed by atoms with Gasteiger partial charge in [-0.3, -0.25) is 4.98 Å². The van der Waals surface area contributed by atoms with Crippen LogP contribution in [0, 0.1) is 23.8 Å². The van der Waals surface area contributed by atoms with E-state index in [4.69, 9.17) is 11.8 Å². The van der Waals surface area contributed by atoms with E-state index in [9.17, 15) is 4.39 Å². The molecule has 0 aliphatic heterocycles. The van der Waals surface area contributed by atoms with Gasteiger partial charge in [0.1, 0.15) is 5.95 Å². The third-order valence-electron chi connectivity index (χ3n) is 0.580. The van der Waals surface area contributed by atoms with Gasteiger partial charge in [0, 0.05) is 18.9 Å². The van der Waals surface area contributed by atoms with E-state index in [1.165, 1.54) is 18.3 Å². The Bertz CT molecular complexity index is 180. The van der Waals surface area contributed by atoms with Crippen molar-refractivity contribution in [2.45, 2.75) is 0 Å². The van der Waals surface area contributed by atoms with Gasteiger partial charge in [-0.15, -0.1) is 0 Å². The Balaban J connectivity index is -0.000000149. The fourth-order valence-electron chi connectivity index (χ4n) is 0.302. The van der Waals surface area contributed by atoms with Crippen molar-refractivity contribution < 1.29 is 21.5 Å². The summed E-state index contributed by atoms with van der Waals surface area (Å²) in [7, 11) is 0. The zero-order valence-electron chi connectivity index (χ0n) is 5.81. The van der Waals surface area contributed by atoms with Gasteiger partial charge in [-0.05, 0) is 0 Å². The summed E-state index contributed by atoms with van der Waals surface area (Å²) in [5.74, 6) is -0.459. The number of hydrogen-bond donors (Lipinski definition) is 0. The molecule has 0 saturated carbocycles. The van der Waals surface area contributed by atoms with Gasteiger partial charge in [-0.1, -0.05) is 6.20 Å². The fraction of sp³-hybridized carbons (Fsp3) is 0. The Morgan fingerprint density at radius 2 is 2.09 bits per heavy atom. The molecule has 56 valence electrons. The van der Waals surface area contributed by atoms with Crippen LogP contribution in [0.4, 0.5) is 4.39 Å². The number of nitrogens with zero attached hydrogens (tertiary/aromatic N) is 2. The van der Waals surface area contributed by atoms with Gasteiger partial charge in [-0.25, -0.2) is 16.5 Å². The van der Waals surface area contributed by atoms with Crippen LogP contribution in [0.15, 0.2) is 18.3 Å². The summed E-state index contributed by atoms with van der Waals surface area (Å²) >= 11 is 0. The second-order valence-corrected chi connectivity index (χ2v) is 1.08. The van der Waals surface area contributed by atoms with Crippen molar-refractivity contribution in [1.29, 1.82) is 5.26 Å². The Kier molecular flexibility index (Phi) is 19.1. The van der Waals surface area contributed by atoms with Crippen LogP contribution >= 0.6 is 0 Å². The fourth-order valence-corrected chi connectivity index (χ4v) is 0.302. The summed E-state index contributed by atoms with van der Waals surface area (Å²) in [5, 5.41) is 6.25. The molecule has 11 heavy (non-hydrogen) atoms. The molecule has 0 unspecified atom stereocenters. The summed E-state index contributed by atoms with van der Waals surface area (Å²) in [6.07, 6.45) is 1.29. The first kappa shape index (κ1) is 17.0. The van der Waals surface area contributed by atoms with Crippen molar-refractivity contribution in [3.63, 3.8) is 0 Å². The maximum absolute atomic E-state index is 11.8. The van der Waals surface area contributed by atoms with Crippen LogP contribution in [-0.4, -0.2) is 23.8 Å². The van der Waals surface area contributed by atoms with Crippen LogP contribution in [0.5, 0.6) is 0 Å². The summed E-state index contributed by atoms with van der Waals surface area (Å²) in [6, 6.07) is 5.31. The standard InChI is InChI=1S/C5H3FN.CN.Cu.Li/c6-5-3-1-2-4-7-5;1-2;;/h1,3-4H;;;/q2*-1;+2;. The van der Waals surface area contributed by atoms with E-state index in [0.717, 1.165) is 0 Å². The largest absolute Gasteiger partial charge is 2.00 e. The van der Waals surface area contributed by atoms with Gasteiger partial charge in [-0.2, -0.15) is 6.07 Å². The predicted octanol–water partition coefficient (Wildman–Crippen LogP) is 0.734. The van der Waals surface area contributed by atoms with Crippen molar-refractivity contribution in [1.82, 2.24) is 4.98 Å². The first-order valence-electron chi connectivity index (χ1n) is 2.09. The predicted molar refractivity (Wildman–Crippen MR) is 33.8 cm³/mol. The van der Waals surface area contributed by atoms with Gasteiger partial charge in [0.25, 0.3) is 0 Å². The molecule has 1 aromatic rings. The molecule has 0 aromatic carbocycles. The van der Waals surface area contributed by atoms with Gasteiger partial charge in [0.2, 0.25) is 0 Å². The Morgan fingerprint density at radius 3 is 2.27 bits per heavy atom. The zero-order chi connectivity index (χ0) is 7.11. The Morgan fingerprint density at radius 1 is 1.55 bits per heavy atom. The summed E-state index contributed by atoms with van der Waals surface area (Å²) in [6.45, 7) is 4.75. The molecule has 0 N–H and O–H groups in total. The van der Waals surface area contributed by atoms with E-state index < -0.39 is 5.95 Å². The normalized spacial score (nSPS) is 5.73. The third-order valence-corrected chi connectivity index (χ3v) is 0.580. The molecule has 2 nitrogen and oxygen atoms in total. The van der Waals surface area contributed by atoms with Gasteiger partial charge >= 0.3 is 17.1 Å². The molecule has 0 bridgehead atoms. The summed E-state index contributed by atoms with van der Waals surface area (Å²) in [5.41, 5.74) is 0. The van der Waals surface area contributed by atoms with E-state index in [1.807, 2.05) is 0 Å². The van der Waals surface area contributed by atoms with Crippen LogP contribution in [0.25, 0.3) is 0 Å². The molecule has 0 saturated heterocycles. The Labute approximate surface area is 87.5 Å². The van der Waals surface area contributed by atoms with Crippen LogP contribution in [0.1, 0.15) is 0 Å². The monoisotopic (exact) mass is 192 g/mol. The zero-order valence-corrected chi connectivity index (χ0v) is 6.75. The van der Waals surface area contributed by atoms with E-state index >= 15 is 0 Å². The molecule has 1 rings (SSSR count). The maximum Gasteiger partial charge on any atom is 2.00 e. The quantitative estimate of drug-likeness (QED) is 0.345. The van der Waals surface area contributed by atoms with Gasteiger partial charge < -0.3 is 11.8 Å². The van der Waals surface area contributed by atoms with Crippen LogP contribution in [0.3, 0.4) is 0 Å². The second kappa shape index (κ2) is 12.4. The molecule has 5 heteroatoms. The first-order valence-corrected chi connectivity index (χ1v) is 2.09. The molecule has 2 radical (unpaired) electrons. The van der Waals surface area contributed by atoms with E-state index in [2.05, 4.69) is 11.1 Å². The Hall–Kier alpha value is -0.313. The van der Waals surface area contributed by atoms with Crippen LogP contribution < -0.4 is 0 Å². The van der Waals surface area contributed by atoms with Crippen molar-refractivity contribution in [3.8, 4) is 0 Å². The van der Waals surface area contributed by atoms with Crippen LogP contribution in [-0.2, 0) is 17.1 Å². The number of halogens is 1.